The Morgan fingerprint density at radius 3 is 2.74 bits per heavy atom. The lowest BCUT2D eigenvalue weighted by Gasteiger charge is -2.10. The molecule has 1 amide bonds. The molecular formula is C22H19N3O2. The van der Waals surface area contributed by atoms with Crippen LogP contribution in [0.4, 0.5) is 5.69 Å². The van der Waals surface area contributed by atoms with Crippen LogP contribution in [-0.4, -0.2) is 15.9 Å². The van der Waals surface area contributed by atoms with Gasteiger partial charge in [-0.2, -0.15) is 0 Å². The highest BCUT2D eigenvalue weighted by Gasteiger charge is 2.11. The molecule has 4 rings (SSSR count). The van der Waals surface area contributed by atoms with Crippen molar-refractivity contribution in [3.63, 3.8) is 0 Å². The number of anilines is 1. The zero-order valence-electron chi connectivity index (χ0n) is 15.1. The van der Waals surface area contributed by atoms with Crippen molar-refractivity contribution in [3.05, 3.63) is 83.8 Å². The molecule has 2 aromatic heterocycles. The van der Waals surface area contributed by atoms with E-state index in [1.165, 1.54) is 0 Å². The van der Waals surface area contributed by atoms with Gasteiger partial charge < -0.3 is 15.0 Å². The molecule has 2 heterocycles. The monoisotopic (exact) mass is 357 g/mol. The molecule has 134 valence electrons. The van der Waals surface area contributed by atoms with E-state index in [1.807, 2.05) is 68.4 Å². The van der Waals surface area contributed by atoms with Gasteiger partial charge in [0.1, 0.15) is 17.2 Å². The summed E-state index contributed by atoms with van der Waals surface area (Å²) in [4.78, 5) is 19.8. The minimum Gasteiger partial charge on any atom is -0.455 e. The number of carbonyl (C=O) groups excluding carboxylic acids is 1. The molecule has 0 bridgehead atoms. The van der Waals surface area contributed by atoms with E-state index in [-0.39, 0.29) is 5.91 Å². The van der Waals surface area contributed by atoms with Gasteiger partial charge in [0.25, 0.3) is 5.91 Å². The lowest BCUT2D eigenvalue weighted by Crippen LogP contribution is -2.12. The first kappa shape index (κ1) is 16.8. The number of nitrogens with one attached hydrogen (secondary N) is 2. The van der Waals surface area contributed by atoms with Gasteiger partial charge in [-0.1, -0.05) is 12.1 Å². The van der Waals surface area contributed by atoms with Crippen molar-refractivity contribution in [2.75, 3.05) is 5.32 Å². The molecule has 0 aliphatic rings. The Labute approximate surface area is 157 Å². The Morgan fingerprint density at radius 1 is 1.07 bits per heavy atom. The van der Waals surface area contributed by atoms with Gasteiger partial charge >= 0.3 is 0 Å². The van der Waals surface area contributed by atoms with E-state index >= 15 is 0 Å². The summed E-state index contributed by atoms with van der Waals surface area (Å²) in [5.74, 6) is 1.22. The third-order valence-corrected chi connectivity index (χ3v) is 4.32. The second-order valence-electron chi connectivity index (χ2n) is 6.50. The predicted molar refractivity (Wildman–Crippen MR) is 106 cm³/mol. The van der Waals surface area contributed by atoms with Crippen LogP contribution >= 0.6 is 0 Å². The van der Waals surface area contributed by atoms with Crippen LogP contribution in [0.15, 0.2) is 67.0 Å². The van der Waals surface area contributed by atoms with E-state index in [0.717, 1.165) is 27.8 Å². The lowest BCUT2D eigenvalue weighted by molar-refractivity contribution is 0.102. The summed E-state index contributed by atoms with van der Waals surface area (Å²) >= 11 is 0. The second-order valence-corrected chi connectivity index (χ2v) is 6.50. The number of benzene rings is 2. The van der Waals surface area contributed by atoms with Gasteiger partial charge in [0, 0.05) is 22.8 Å². The van der Waals surface area contributed by atoms with E-state index in [0.29, 0.717) is 17.1 Å². The molecule has 0 fully saturated rings. The number of nitrogens with zero attached hydrogens (tertiary/aromatic N) is 1. The van der Waals surface area contributed by atoms with Crippen molar-refractivity contribution >= 4 is 22.5 Å². The zero-order valence-corrected chi connectivity index (χ0v) is 15.1. The predicted octanol–water partition coefficient (Wildman–Crippen LogP) is 5.22. The minimum absolute atomic E-state index is 0.177. The standard InChI is InChI=1S/C22H19N3O2/c1-14-5-6-16-12-20(25-19(16)10-14)22(26)24-17-7-8-21(15(2)11-17)27-18-4-3-9-23-13-18/h3-13,25H,1-2H3,(H,24,26). The molecule has 0 spiro atoms. The van der Waals surface area contributed by atoms with Crippen molar-refractivity contribution in [3.8, 4) is 11.5 Å². The molecule has 0 aliphatic carbocycles. The molecule has 0 radical (unpaired) electrons. The molecule has 27 heavy (non-hydrogen) atoms. The maximum absolute atomic E-state index is 12.6. The second kappa shape index (κ2) is 6.96. The maximum atomic E-state index is 12.6. The van der Waals surface area contributed by atoms with Crippen LogP contribution in [0.2, 0.25) is 0 Å². The Morgan fingerprint density at radius 2 is 1.96 bits per heavy atom. The number of aromatic nitrogens is 2. The Kier molecular flexibility index (Phi) is 4.34. The fourth-order valence-electron chi connectivity index (χ4n) is 2.94. The van der Waals surface area contributed by atoms with Crippen molar-refractivity contribution < 1.29 is 9.53 Å². The molecule has 4 aromatic rings. The number of aromatic amines is 1. The highest BCUT2D eigenvalue weighted by atomic mass is 16.5. The van der Waals surface area contributed by atoms with Crippen LogP contribution in [0.1, 0.15) is 21.6 Å². The van der Waals surface area contributed by atoms with E-state index in [4.69, 9.17) is 4.74 Å². The molecule has 2 aromatic carbocycles. The molecule has 2 N–H and O–H groups in total. The number of H-pyrrole nitrogens is 1. The lowest BCUT2D eigenvalue weighted by atomic mass is 10.2. The van der Waals surface area contributed by atoms with Crippen LogP contribution in [0.3, 0.4) is 0 Å². The van der Waals surface area contributed by atoms with E-state index in [9.17, 15) is 4.79 Å². The number of rotatable bonds is 4. The molecule has 5 heteroatoms. The van der Waals surface area contributed by atoms with Crippen molar-refractivity contribution in [2.24, 2.45) is 0 Å². The number of hydrogen-bond acceptors (Lipinski definition) is 3. The summed E-state index contributed by atoms with van der Waals surface area (Å²) in [5.41, 5.74) is 4.27. The molecule has 0 saturated carbocycles. The molecule has 0 saturated heterocycles. The average Bonchev–Trinajstić information content (AvgIpc) is 3.08. The Balaban J connectivity index is 1.51. The number of fused-ring (bicyclic) bond motifs is 1. The van der Waals surface area contributed by atoms with E-state index < -0.39 is 0 Å². The summed E-state index contributed by atoms with van der Waals surface area (Å²) < 4.78 is 5.82. The van der Waals surface area contributed by atoms with Gasteiger partial charge in [-0.3, -0.25) is 9.78 Å². The van der Waals surface area contributed by atoms with Crippen LogP contribution in [0, 0.1) is 13.8 Å². The summed E-state index contributed by atoms with van der Waals surface area (Å²) in [6, 6.07) is 17.1. The number of pyridine rings is 1. The average molecular weight is 357 g/mol. The Hall–Kier alpha value is -3.60. The largest absolute Gasteiger partial charge is 0.455 e. The number of aryl methyl sites for hydroxylation is 2. The van der Waals surface area contributed by atoms with E-state index in [2.05, 4.69) is 15.3 Å². The number of amides is 1. The van der Waals surface area contributed by atoms with Gasteiger partial charge in [0.2, 0.25) is 0 Å². The quantitative estimate of drug-likeness (QED) is 0.526. The van der Waals surface area contributed by atoms with Crippen LogP contribution < -0.4 is 10.1 Å². The van der Waals surface area contributed by atoms with Gasteiger partial charge in [-0.25, -0.2) is 0 Å². The third kappa shape index (κ3) is 3.67. The molecular weight excluding hydrogens is 338 g/mol. The molecule has 0 atom stereocenters. The number of ether oxygens (including phenoxy) is 1. The zero-order chi connectivity index (χ0) is 18.8. The van der Waals surface area contributed by atoms with E-state index in [1.54, 1.807) is 12.4 Å². The third-order valence-electron chi connectivity index (χ3n) is 4.32. The van der Waals surface area contributed by atoms with Crippen LogP contribution in [0.5, 0.6) is 11.5 Å². The van der Waals surface area contributed by atoms with Crippen LogP contribution in [-0.2, 0) is 0 Å². The molecule has 0 unspecified atom stereocenters. The SMILES string of the molecule is Cc1ccc2cc(C(=O)Nc3ccc(Oc4cccnc4)c(C)c3)[nH]c2c1. The summed E-state index contributed by atoms with van der Waals surface area (Å²) in [6.45, 7) is 3.96. The van der Waals surface area contributed by atoms with Gasteiger partial charge in [-0.05, 0) is 67.4 Å². The maximum Gasteiger partial charge on any atom is 0.272 e. The normalized spacial score (nSPS) is 10.7. The topological polar surface area (TPSA) is 67.0 Å². The minimum atomic E-state index is -0.177. The first-order chi connectivity index (χ1) is 13.1. The van der Waals surface area contributed by atoms with Gasteiger partial charge in [0.15, 0.2) is 0 Å². The highest BCUT2D eigenvalue weighted by Crippen LogP contribution is 2.27. The van der Waals surface area contributed by atoms with Crippen molar-refractivity contribution in [2.45, 2.75) is 13.8 Å². The smallest absolute Gasteiger partial charge is 0.272 e. The fraction of sp³-hybridized carbons (Fsp3) is 0.0909. The van der Waals surface area contributed by atoms with Crippen molar-refractivity contribution in [1.82, 2.24) is 9.97 Å². The summed E-state index contributed by atoms with van der Waals surface area (Å²) in [6.07, 6.45) is 3.36. The van der Waals surface area contributed by atoms with Crippen molar-refractivity contribution in [1.29, 1.82) is 0 Å². The number of carbonyl (C=O) groups is 1. The van der Waals surface area contributed by atoms with Crippen LogP contribution in [0.25, 0.3) is 10.9 Å². The summed E-state index contributed by atoms with van der Waals surface area (Å²) in [5, 5.41) is 3.94. The van der Waals surface area contributed by atoms with Gasteiger partial charge in [-0.15, -0.1) is 0 Å². The molecule has 0 aliphatic heterocycles. The summed E-state index contributed by atoms with van der Waals surface area (Å²) in [7, 11) is 0. The first-order valence-electron chi connectivity index (χ1n) is 8.68. The molecule has 5 nitrogen and oxygen atoms in total. The van der Waals surface area contributed by atoms with Gasteiger partial charge in [0.05, 0.1) is 6.20 Å². The first-order valence-corrected chi connectivity index (χ1v) is 8.68. The Bertz CT molecular complexity index is 1120. The highest BCUT2D eigenvalue weighted by molar-refractivity contribution is 6.06. The number of hydrogen-bond donors (Lipinski definition) is 2. The fourth-order valence-corrected chi connectivity index (χ4v) is 2.94.